The van der Waals surface area contributed by atoms with Crippen LogP contribution < -0.4 is 5.73 Å². The number of benzene rings is 1. The molecule has 0 heterocycles. The first-order valence-electron chi connectivity index (χ1n) is 4.74. The van der Waals surface area contributed by atoms with Gasteiger partial charge in [-0.3, -0.25) is 4.79 Å². The van der Waals surface area contributed by atoms with Crippen molar-refractivity contribution in [1.82, 2.24) is 0 Å². The van der Waals surface area contributed by atoms with Crippen molar-refractivity contribution in [2.24, 2.45) is 5.73 Å². The number of hydrogen-bond acceptors (Lipinski definition) is 3. The maximum Gasteiger partial charge on any atom is 0.186 e. The van der Waals surface area contributed by atoms with E-state index in [1.165, 1.54) is 19.1 Å². The summed E-state index contributed by atoms with van der Waals surface area (Å²) in [5, 5.41) is 0.0209. The molecule has 16 heavy (non-hydrogen) atoms. The number of carbonyl (C=O) groups excluding carboxylic acids is 1. The zero-order chi connectivity index (χ0) is 12.0. The van der Waals surface area contributed by atoms with Gasteiger partial charge in [0, 0.05) is 19.0 Å². The number of halogens is 1. The van der Waals surface area contributed by atoms with Crippen molar-refractivity contribution in [3.05, 3.63) is 35.1 Å². The summed E-state index contributed by atoms with van der Waals surface area (Å²) in [5.41, 5.74) is 6.90. The fourth-order valence-corrected chi connectivity index (χ4v) is 1.46. The molecule has 84 valence electrons. The Balaban J connectivity index is 2.78. The molecule has 0 aromatic heterocycles. The van der Waals surface area contributed by atoms with Gasteiger partial charge in [-0.1, -0.05) is 29.7 Å². The second-order valence-corrected chi connectivity index (χ2v) is 4.24. The predicted molar refractivity (Wildman–Crippen MR) is 64.3 cm³/mol. The molecule has 0 bridgehead atoms. The van der Waals surface area contributed by atoms with Crippen LogP contribution in [-0.4, -0.2) is 10.9 Å². The van der Waals surface area contributed by atoms with Crippen LogP contribution in [0.1, 0.15) is 18.1 Å². The minimum Gasteiger partial charge on any atom is -0.326 e. The highest BCUT2D eigenvalue weighted by Gasteiger charge is 1.99. The lowest BCUT2D eigenvalue weighted by atomic mass is 10.1. The lowest BCUT2D eigenvalue weighted by Gasteiger charge is -2.00. The summed E-state index contributed by atoms with van der Waals surface area (Å²) in [7, 11) is 0. The largest absolute Gasteiger partial charge is 0.326 e. The summed E-state index contributed by atoms with van der Waals surface area (Å²) in [6.45, 7) is 1.81. The first kappa shape index (κ1) is 12.8. The van der Waals surface area contributed by atoms with E-state index in [4.69, 9.17) is 5.73 Å². The molecule has 0 unspecified atom stereocenters. The fourth-order valence-electron chi connectivity index (χ4n) is 1.11. The van der Waals surface area contributed by atoms with E-state index in [2.05, 4.69) is 11.8 Å². The number of nitrogens with two attached hydrogens (primary N) is 1. The zero-order valence-corrected chi connectivity index (χ0v) is 9.73. The Morgan fingerprint density at radius 1 is 1.56 bits per heavy atom. The summed E-state index contributed by atoms with van der Waals surface area (Å²) < 4.78 is 13.0. The SMILES string of the molecule is CC(=O)SCC#Cc1cc(F)ccc1CN. The smallest absolute Gasteiger partial charge is 0.186 e. The highest BCUT2D eigenvalue weighted by atomic mass is 32.2. The molecule has 0 fully saturated rings. The molecule has 1 aromatic rings. The molecule has 0 saturated heterocycles. The van der Waals surface area contributed by atoms with E-state index in [0.717, 1.165) is 17.3 Å². The van der Waals surface area contributed by atoms with Crippen LogP contribution in [-0.2, 0) is 11.3 Å². The van der Waals surface area contributed by atoms with Gasteiger partial charge in [-0.25, -0.2) is 4.39 Å². The van der Waals surface area contributed by atoms with E-state index >= 15 is 0 Å². The Hall–Kier alpha value is -1.31. The van der Waals surface area contributed by atoms with E-state index in [9.17, 15) is 9.18 Å². The molecule has 4 heteroatoms. The van der Waals surface area contributed by atoms with Crippen molar-refractivity contribution in [2.75, 3.05) is 5.75 Å². The monoisotopic (exact) mass is 237 g/mol. The summed E-state index contributed by atoms with van der Waals surface area (Å²) in [4.78, 5) is 10.6. The third-order valence-electron chi connectivity index (χ3n) is 1.86. The van der Waals surface area contributed by atoms with Gasteiger partial charge in [-0.2, -0.15) is 0 Å². The highest BCUT2D eigenvalue weighted by Crippen LogP contribution is 2.09. The lowest BCUT2D eigenvalue weighted by Crippen LogP contribution is -1.99. The maximum atomic E-state index is 13.0. The van der Waals surface area contributed by atoms with Crippen LogP contribution in [0.3, 0.4) is 0 Å². The normalized spacial score (nSPS) is 9.44. The average Bonchev–Trinajstić information content (AvgIpc) is 2.24. The molecule has 0 spiro atoms. The van der Waals surface area contributed by atoms with Crippen molar-refractivity contribution >= 4 is 16.9 Å². The fraction of sp³-hybridized carbons (Fsp3) is 0.250. The van der Waals surface area contributed by atoms with E-state index in [1.807, 2.05) is 0 Å². The third-order valence-corrected chi connectivity index (χ3v) is 2.56. The van der Waals surface area contributed by atoms with Gasteiger partial charge in [0.1, 0.15) is 5.82 Å². The van der Waals surface area contributed by atoms with Gasteiger partial charge in [-0.15, -0.1) is 0 Å². The number of hydrogen-bond donors (Lipinski definition) is 1. The van der Waals surface area contributed by atoms with Crippen LogP contribution in [0.15, 0.2) is 18.2 Å². The van der Waals surface area contributed by atoms with E-state index < -0.39 is 0 Å². The molecular formula is C12H12FNOS. The van der Waals surface area contributed by atoms with Crippen molar-refractivity contribution < 1.29 is 9.18 Å². The topological polar surface area (TPSA) is 43.1 Å². The van der Waals surface area contributed by atoms with Crippen LogP contribution in [0.4, 0.5) is 4.39 Å². The molecule has 0 atom stereocenters. The molecule has 2 N–H and O–H groups in total. The van der Waals surface area contributed by atoms with Gasteiger partial charge in [0.15, 0.2) is 5.12 Å². The second kappa shape index (κ2) is 6.31. The molecule has 0 amide bonds. The van der Waals surface area contributed by atoms with Crippen LogP contribution >= 0.6 is 11.8 Å². The Kier molecular flexibility index (Phi) is 5.03. The highest BCUT2D eigenvalue weighted by molar-refractivity contribution is 8.13. The molecule has 0 aliphatic rings. The Bertz CT molecular complexity index is 448. The molecule has 1 aromatic carbocycles. The Labute approximate surface area is 98.4 Å². The Morgan fingerprint density at radius 2 is 2.31 bits per heavy atom. The molecule has 0 aliphatic heterocycles. The third kappa shape index (κ3) is 4.05. The van der Waals surface area contributed by atoms with Gasteiger partial charge < -0.3 is 5.73 Å². The number of carbonyl (C=O) groups is 1. The van der Waals surface area contributed by atoms with E-state index in [0.29, 0.717) is 17.9 Å². The van der Waals surface area contributed by atoms with Crippen molar-refractivity contribution in [2.45, 2.75) is 13.5 Å². The quantitative estimate of drug-likeness (QED) is 0.799. The van der Waals surface area contributed by atoms with E-state index in [-0.39, 0.29) is 10.9 Å². The molecule has 0 saturated carbocycles. The molecule has 1 rings (SSSR count). The standard InChI is InChI=1S/C12H12FNOS/c1-9(15)16-6-2-3-10-7-12(13)5-4-11(10)8-14/h4-5,7H,6,8,14H2,1H3. The second-order valence-electron chi connectivity index (χ2n) is 3.09. The van der Waals surface area contributed by atoms with Crippen molar-refractivity contribution in [1.29, 1.82) is 0 Å². The molecule has 2 nitrogen and oxygen atoms in total. The van der Waals surface area contributed by atoms with Crippen molar-refractivity contribution in [3.63, 3.8) is 0 Å². The van der Waals surface area contributed by atoms with E-state index in [1.54, 1.807) is 6.07 Å². The molecule has 0 radical (unpaired) electrons. The summed E-state index contributed by atoms with van der Waals surface area (Å²) in [6.07, 6.45) is 0. The average molecular weight is 237 g/mol. The maximum absolute atomic E-state index is 13.0. The zero-order valence-electron chi connectivity index (χ0n) is 8.92. The van der Waals surface area contributed by atoms with Gasteiger partial charge in [-0.05, 0) is 17.7 Å². The summed E-state index contributed by atoms with van der Waals surface area (Å²) in [5.74, 6) is 5.70. The first-order valence-corrected chi connectivity index (χ1v) is 5.72. The number of thioether (sulfide) groups is 1. The van der Waals surface area contributed by atoms with Crippen LogP contribution in [0.25, 0.3) is 0 Å². The van der Waals surface area contributed by atoms with Crippen LogP contribution in [0.5, 0.6) is 0 Å². The van der Waals surface area contributed by atoms with Crippen LogP contribution in [0.2, 0.25) is 0 Å². The lowest BCUT2D eigenvalue weighted by molar-refractivity contribution is -0.109. The minimum absolute atomic E-state index is 0.0209. The number of rotatable bonds is 2. The van der Waals surface area contributed by atoms with Gasteiger partial charge in [0.2, 0.25) is 0 Å². The summed E-state index contributed by atoms with van der Waals surface area (Å²) in [6, 6.07) is 4.34. The first-order chi connectivity index (χ1) is 7.63. The summed E-state index contributed by atoms with van der Waals surface area (Å²) >= 11 is 1.13. The van der Waals surface area contributed by atoms with Gasteiger partial charge in [0.25, 0.3) is 0 Å². The van der Waals surface area contributed by atoms with Crippen LogP contribution in [0, 0.1) is 17.7 Å². The van der Waals surface area contributed by atoms with Gasteiger partial charge >= 0.3 is 0 Å². The van der Waals surface area contributed by atoms with Crippen molar-refractivity contribution in [3.8, 4) is 11.8 Å². The molecular weight excluding hydrogens is 225 g/mol. The Morgan fingerprint density at radius 3 is 2.94 bits per heavy atom. The molecule has 0 aliphatic carbocycles. The predicted octanol–water partition coefficient (Wildman–Crippen LogP) is 1.92. The minimum atomic E-state index is -0.333. The van der Waals surface area contributed by atoms with Gasteiger partial charge in [0.05, 0.1) is 5.75 Å².